The van der Waals surface area contributed by atoms with Gasteiger partial charge in [-0.15, -0.1) is 0 Å². The van der Waals surface area contributed by atoms with E-state index in [4.69, 9.17) is 9.97 Å². The fraction of sp³-hybridized carbons (Fsp3) is 0.476. The molecule has 10 heteroatoms. The number of imidazole rings is 1. The van der Waals surface area contributed by atoms with Gasteiger partial charge in [-0.25, -0.2) is 9.37 Å². The topological polar surface area (TPSA) is 97.8 Å². The molecule has 0 amide bonds. The summed E-state index contributed by atoms with van der Waals surface area (Å²) >= 11 is 0. The van der Waals surface area contributed by atoms with E-state index in [9.17, 15) is 9.50 Å². The number of halogens is 1. The minimum absolute atomic E-state index is 0.0333. The maximum atomic E-state index is 14.6. The molecule has 1 atom stereocenters. The highest BCUT2D eigenvalue weighted by Crippen LogP contribution is 2.34. The molecule has 3 N–H and O–H groups in total. The summed E-state index contributed by atoms with van der Waals surface area (Å²) in [6.45, 7) is 3.72. The zero-order chi connectivity index (χ0) is 21.5. The number of rotatable bonds is 6. The van der Waals surface area contributed by atoms with Crippen LogP contribution in [0.25, 0.3) is 28.0 Å². The average Bonchev–Trinajstić information content (AvgIpc) is 3.17. The summed E-state index contributed by atoms with van der Waals surface area (Å²) in [5, 5.41) is 15.7. The summed E-state index contributed by atoms with van der Waals surface area (Å²) < 4.78 is 20.7. The van der Waals surface area contributed by atoms with E-state index >= 15 is 0 Å². The van der Waals surface area contributed by atoms with Gasteiger partial charge in [-0.1, -0.05) is 12.1 Å². The Morgan fingerprint density at radius 1 is 1.23 bits per heavy atom. The second-order valence-electron chi connectivity index (χ2n) is 7.95. The number of aliphatic hydroxyl groups excluding tert-OH is 1. The number of para-hydroxylation sites is 2. The van der Waals surface area contributed by atoms with Gasteiger partial charge < -0.3 is 15.7 Å². The lowest BCUT2D eigenvalue weighted by atomic mass is 10.1. The normalized spacial score (nSPS) is 16.4. The van der Waals surface area contributed by atoms with E-state index in [2.05, 4.69) is 25.0 Å². The predicted octanol–water partition coefficient (Wildman–Crippen LogP) is 2.47. The highest BCUT2D eigenvalue weighted by atomic mass is 19.1. The Morgan fingerprint density at radius 3 is 2.74 bits per heavy atom. The van der Waals surface area contributed by atoms with Crippen molar-refractivity contribution < 1.29 is 9.50 Å². The first kappa shape index (κ1) is 20.0. The van der Waals surface area contributed by atoms with Crippen molar-refractivity contribution in [1.82, 2.24) is 34.2 Å². The molecule has 0 radical (unpaired) electrons. The molecule has 9 nitrogen and oxygen atoms in total. The van der Waals surface area contributed by atoms with E-state index in [-0.39, 0.29) is 6.61 Å². The number of nitrogens with one attached hydrogen (secondary N) is 2. The molecule has 4 heterocycles. The van der Waals surface area contributed by atoms with Crippen LogP contribution in [0.15, 0.2) is 24.3 Å². The molecule has 164 valence electrons. The van der Waals surface area contributed by atoms with Crippen LogP contribution in [0, 0.1) is 0 Å². The van der Waals surface area contributed by atoms with E-state index in [1.165, 1.54) is 6.92 Å². The summed E-state index contributed by atoms with van der Waals surface area (Å²) in [7, 11) is 2.00. The van der Waals surface area contributed by atoms with Crippen molar-refractivity contribution in [3.05, 3.63) is 30.1 Å². The quantitative estimate of drug-likeness (QED) is 0.438. The minimum atomic E-state index is -1.27. The lowest BCUT2D eigenvalue weighted by Crippen LogP contribution is -2.35. The van der Waals surface area contributed by atoms with Gasteiger partial charge in [-0.05, 0) is 45.0 Å². The van der Waals surface area contributed by atoms with Crippen molar-refractivity contribution in [1.29, 1.82) is 0 Å². The number of aromatic nitrogens is 6. The van der Waals surface area contributed by atoms with Crippen LogP contribution < -0.4 is 10.6 Å². The number of hydrogen-bond donors (Lipinski definition) is 3. The fourth-order valence-corrected chi connectivity index (χ4v) is 4.49. The molecule has 5 rings (SSSR count). The second kappa shape index (κ2) is 7.93. The van der Waals surface area contributed by atoms with Gasteiger partial charge in [-0.3, -0.25) is 13.9 Å². The largest absolute Gasteiger partial charge is 0.395 e. The smallest absolute Gasteiger partial charge is 0.226 e. The average molecular weight is 427 g/mol. The van der Waals surface area contributed by atoms with Crippen LogP contribution in [0.2, 0.25) is 0 Å². The summed E-state index contributed by atoms with van der Waals surface area (Å²) in [5.74, 6) is 1.31. The number of aryl methyl sites for hydroxylation is 1. The number of alkyl halides is 1. The Balaban J connectivity index is 1.75. The third-order valence-electron chi connectivity index (χ3n) is 5.91. The first-order valence-electron chi connectivity index (χ1n) is 10.7. The number of nitrogens with zero attached hydrogens (tertiary/aromatic N) is 6. The third kappa shape index (κ3) is 3.26. The van der Waals surface area contributed by atoms with Gasteiger partial charge in [0.25, 0.3) is 0 Å². The SMILES string of the molecule is CC(F)c1nc2ccccc2n1-c1nc(NCCO)nc2c1n(C)n2C1CCNCC1. The van der Waals surface area contributed by atoms with Crippen molar-refractivity contribution in [2.75, 3.05) is 31.6 Å². The van der Waals surface area contributed by atoms with E-state index in [1.54, 1.807) is 4.57 Å². The minimum Gasteiger partial charge on any atom is -0.395 e. The first-order valence-corrected chi connectivity index (χ1v) is 10.7. The summed E-state index contributed by atoms with van der Waals surface area (Å²) in [5.41, 5.74) is 3.18. The maximum absolute atomic E-state index is 14.6. The molecule has 1 aliphatic rings. The van der Waals surface area contributed by atoms with Crippen LogP contribution in [-0.2, 0) is 7.05 Å². The lowest BCUT2D eigenvalue weighted by Gasteiger charge is -2.33. The second-order valence-corrected chi connectivity index (χ2v) is 7.95. The summed E-state index contributed by atoms with van der Waals surface area (Å²) in [4.78, 5) is 14.0. The number of aliphatic hydroxyl groups is 1. The van der Waals surface area contributed by atoms with Crippen LogP contribution in [0.5, 0.6) is 0 Å². The molecule has 0 aliphatic carbocycles. The van der Waals surface area contributed by atoms with Crippen LogP contribution >= 0.6 is 0 Å². The third-order valence-corrected chi connectivity index (χ3v) is 5.91. The molecule has 0 bridgehead atoms. The Morgan fingerprint density at radius 2 is 2.00 bits per heavy atom. The van der Waals surface area contributed by atoms with Crippen LogP contribution in [-0.4, -0.2) is 60.2 Å². The van der Waals surface area contributed by atoms with Gasteiger partial charge in [0.1, 0.15) is 11.3 Å². The Hall–Kier alpha value is -2.98. The summed E-state index contributed by atoms with van der Waals surface area (Å²) in [6.07, 6.45) is 0.768. The number of anilines is 1. The lowest BCUT2D eigenvalue weighted by molar-refractivity contribution is 0.308. The number of benzene rings is 1. The highest BCUT2D eigenvalue weighted by Gasteiger charge is 2.29. The monoisotopic (exact) mass is 426 g/mol. The van der Waals surface area contributed by atoms with Gasteiger partial charge in [0.15, 0.2) is 17.6 Å². The molecule has 1 fully saturated rings. The van der Waals surface area contributed by atoms with Crippen molar-refractivity contribution in [3.8, 4) is 5.82 Å². The zero-order valence-corrected chi connectivity index (χ0v) is 17.7. The van der Waals surface area contributed by atoms with Gasteiger partial charge in [0.2, 0.25) is 5.95 Å². The molecular formula is C21H27FN8O. The Bertz CT molecular complexity index is 1220. The number of hydrogen-bond acceptors (Lipinski definition) is 6. The van der Waals surface area contributed by atoms with Crippen molar-refractivity contribution in [2.45, 2.75) is 32.0 Å². The standard InChI is InChI=1S/C21H27FN8O/c1-13(22)18-25-15-5-3-4-6-16(15)29(18)19-17-20(27-21(26-19)24-11-12-31)30(28(17)2)14-7-9-23-10-8-14/h3-6,13-14,23,31H,7-12H2,1-2H3,(H,24,26,27). The van der Waals surface area contributed by atoms with Crippen molar-refractivity contribution >= 4 is 28.1 Å². The molecule has 31 heavy (non-hydrogen) atoms. The van der Waals surface area contributed by atoms with Gasteiger partial charge in [-0.2, -0.15) is 9.97 Å². The van der Waals surface area contributed by atoms with Gasteiger partial charge in [0, 0.05) is 13.6 Å². The van der Waals surface area contributed by atoms with Crippen LogP contribution in [0.3, 0.4) is 0 Å². The van der Waals surface area contributed by atoms with Crippen molar-refractivity contribution in [2.24, 2.45) is 7.05 Å². The maximum Gasteiger partial charge on any atom is 0.226 e. The zero-order valence-electron chi connectivity index (χ0n) is 17.7. The summed E-state index contributed by atoms with van der Waals surface area (Å²) in [6, 6.07) is 7.94. The van der Waals surface area contributed by atoms with Crippen LogP contribution in [0.1, 0.15) is 37.8 Å². The molecule has 0 spiro atoms. The Labute approximate surface area is 178 Å². The molecule has 4 aromatic rings. The van der Waals surface area contributed by atoms with Gasteiger partial charge in [0.05, 0.1) is 23.7 Å². The number of fused-ring (bicyclic) bond motifs is 2. The molecule has 1 unspecified atom stereocenters. The molecular weight excluding hydrogens is 399 g/mol. The van der Waals surface area contributed by atoms with Gasteiger partial charge >= 0.3 is 0 Å². The molecule has 1 aliphatic heterocycles. The predicted molar refractivity (Wildman–Crippen MR) is 117 cm³/mol. The number of piperidine rings is 1. The van der Waals surface area contributed by atoms with Crippen LogP contribution in [0.4, 0.5) is 10.3 Å². The van der Waals surface area contributed by atoms with E-state index in [1.807, 2.05) is 31.3 Å². The Kier molecular flexibility index (Phi) is 5.11. The molecule has 0 saturated carbocycles. The van der Waals surface area contributed by atoms with Crippen molar-refractivity contribution in [3.63, 3.8) is 0 Å². The highest BCUT2D eigenvalue weighted by molar-refractivity contribution is 5.87. The molecule has 3 aromatic heterocycles. The van der Waals surface area contributed by atoms with E-state index < -0.39 is 6.17 Å². The first-order chi connectivity index (χ1) is 15.1. The van der Waals surface area contributed by atoms with E-state index in [0.29, 0.717) is 30.2 Å². The molecule has 1 saturated heterocycles. The molecule has 1 aromatic carbocycles. The van der Waals surface area contributed by atoms with E-state index in [0.717, 1.165) is 48.1 Å². The fourth-order valence-electron chi connectivity index (χ4n) is 4.49.